The summed E-state index contributed by atoms with van der Waals surface area (Å²) in [6, 6.07) is 28.9. The minimum absolute atomic E-state index is 0.0908. The summed E-state index contributed by atoms with van der Waals surface area (Å²) in [4.78, 5) is 8.40. The van der Waals surface area contributed by atoms with Gasteiger partial charge in [0.1, 0.15) is 5.82 Å². The standard InChI is InChI=1S/C33H28Cl2N4O3S/c1-33(2,3)24-12-8-21(9-13-24)20-4-6-23(7-5-20)32-36-30(31(37-32)27-17-14-25(34)18-28(27)35)22-10-15-26(16-11-22)39-19-29(40)38-43(39,41)42/h4-19,38,40H,1-3H3,(H,36,37). The molecule has 2 heterocycles. The van der Waals surface area contributed by atoms with Gasteiger partial charge in [-0.1, -0.05) is 105 Å². The van der Waals surface area contributed by atoms with Crippen LogP contribution in [-0.4, -0.2) is 23.5 Å². The lowest BCUT2D eigenvalue weighted by Gasteiger charge is -2.19. The Hall–Kier alpha value is -4.24. The van der Waals surface area contributed by atoms with Crippen LogP contribution in [0.3, 0.4) is 0 Å². The van der Waals surface area contributed by atoms with Gasteiger partial charge in [0.05, 0.1) is 28.3 Å². The molecular formula is C33H28Cl2N4O3S. The molecule has 0 spiro atoms. The highest BCUT2D eigenvalue weighted by molar-refractivity contribution is 7.91. The van der Waals surface area contributed by atoms with Gasteiger partial charge in [-0.3, -0.25) is 0 Å². The summed E-state index contributed by atoms with van der Waals surface area (Å²) in [5, 5.41) is 10.6. The fourth-order valence-electron chi connectivity index (χ4n) is 4.96. The molecule has 3 N–H and O–H groups in total. The number of aliphatic hydroxyl groups excluding tert-OH is 1. The van der Waals surface area contributed by atoms with Gasteiger partial charge in [-0.05, 0) is 52.4 Å². The van der Waals surface area contributed by atoms with Crippen molar-refractivity contribution in [3.05, 3.63) is 119 Å². The van der Waals surface area contributed by atoms with E-state index in [4.69, 9.17) is 28.2 Å². The van der Waals surface area contributed by atoms with E-state index in [0.717, 1.165) is 38.3 Å². The lowest BCUT2D eigenvalue weighted by atomic mass is 9.86. The summed E-state index contributed by atoms with van der Waals surface area (Å²) in [6.07, 6.45) is 1.11. The Kier molecular flexibility index (Phi) is 7.24. The molecular weight excluding hydrogens is 603 g/mol. The van der Waals surface area contributed by atoms with Gasteiger partial charge in [-0.2, -0.15) is 8.42 Å². The number of H-pyrrole nitrogens is 1. The van der Waals surface area contributed by atoms with E-state index in [1.807, 2.05) is 22.9 Å². The van der Waals surface area contributed by atoms with Crippen LogP contribution in [0.15, 0.2) is 103 Å². The van der Waals surface area contributed by atoms with Gasteiger partial charge in [0.25, 0.3) is 0 Å². The third-order valence-electron chi connectivity index (χ3n) is 7.27. The molecule has 7 nitrogen and oxygen atoms in total. The predicted octanol–water partition coefficient (Wildman–Crippen LogP) is 8.69. The Labute approximate surface area is 260 Å². The van der Waals surface area contributed by atoms with Gasteiger partial charge in [0.15, 0.2) is 0 Å². The molecule has 1 aromatic heterocycles. The van der Waals surface area contributed by atoms with E-state index in [1.165, 1.54) is 5.56 Å². The molecule has 0 radical (unpaired) electrons. The second-order valence-corrected chi connectivity index (χ2v) is 13.7. The van der Waals surface area contributed by atoms with Gasteiger partial charge in [0.2, 0.25) is 5.88 Å². The van der Waals surface area contributed by atoms with Crippen molar-refractivity contribution < 1.29 is 13.5 Å². The van der Waals surface area contributed by atoms with Crippen LogP contribution in [0.2, 0.25) is 10.0 Å². The fourth-order valence-corrected chi connectivity index (χ4v) is 6.51. The molecule has 218 valence electrons. The molecule has 1 aliphatic heterocycles. The third kappa shape index (κ3) is 5.73. The van der Waals surface area contributed by atoms with E-state index < -0.39 is 16.1 Å². The molecule has 4 aromatic carbocycles. The summed E-state index contributed by atoms with van der Waals surface area (Å²) < 4.78 is 27.7. The number of halogens is 2. The van der Waals surface area contributed by atoms with E-state index in [2.05, 4.69) is 62.2 Å². The van der Waals surface area contributed by atoms with Crippen molar-refractivity contribution in [1.82, 2.24) is 14.7 Å². The fraction of sp³-hybridized carbons (Fsp3) is 0.121. The highest BCUT2D eigenvalue weighted by atomic mass is 35.5. The number of nitrogens with one attached hydrogen (secondary N) is 2. The monoisotopic (exact) mass is 630 g/mol. The zero-order chi connectivity index (χ0) is 30.5. The van der Waals surface area contributed by atoms with E-state index in [1.54, 1.807) is 36.4 Å². The maximum absolute atomic E-state index is 12.3. The molecule has 0 aliphatic carbocycles. The van der Waals surface area contributed by atoms with Crippen LogP contribution in [0.1, 0.15) is 26.3 Å². The van der Waals surface area contributed by atoms with Crippen LogP contribution in [0.5, 0.6) is 0 Å². The van der Waals surface area contributed by atoms with Crippen LogP contribution < -0.4 is 9.03 Å². The van der Waals surface area contributed by atoms with Gasteiger partial charge in [0, 0.05) is 21.7 Å². The number of aliphatic hydroxyl groups is 1. The smallest absolute Gasteiger partial charge is 0.330 e. The first-order chi connectivity index (χ1) is 20.4. The largest absolute Gasteiger partial charge is 0.493 e. The molecule has 5 aromatic rings. The van der Waals surface area contributed by atoms with E-state index in [9.17, 15) is 13.5 Å². The molecule has 6 rings (SSSR count). The minimum Gasteiger partial charge on any atom is -0.493 e. The second-order valence-electron chi connectivity index (χ2n) is 11.3. The molecule has 0 saturated heterocycles. The maximum atomic E-state index is 12.3. The topological polar surface area (TPSA) is 98.3 Å². The van der Waals surface area contributed by atoms with Gasteiger partial charge in [-0.25, -0.2) is 14.0 Å². The summed E-state index contributed by atoms with van der Waals surface area (Å²) in [5.41, 5.74) is 7.63. The molecule has 10 heteroatoms. The Balaban J connectivity index is 1.38. The second kappa shape index (κ2) is 10.8. The van der Waals surface area contributed by atoms with Crippen molar-refractivity contribution in [3.63, 3.8) is 0 Å². The number of aromatic nitrogens is 2. The highest BCUT2D eigenvalue weighted by Crippen LogP contribution is 2.38. The third-order valence-corrected chi connectivity index (χ3v) is 9.12. The molecule has 0 bridgehead atoms. The number of rotatable bonds is 5. The van der Waals surface area contributed by atoms with Crippen LogP contribution in [0, 0.1) is 0 Å². The molecule has 43 heavy (non-hydrogen) atoms. The minimum atomic E-state index is -3.90. The normalized spacial score (nSPS) is 14.4. The Bertz CT molecular complexity index is 1960. The lowest BCUT2D eigenvalue weighted by Crippen LogP contribution is -2.29. The first-order valence-electron chi connectivity index (χ1n) is 13.5. The first kappa shape index (κ1) is 28.9. The summed E-state index contributed by atoms with van der Waals surface area (Å²) in [7, 11) is -3.90. The summed E-state index contributed by atoms with van der Waals surface area (Å²) in [6.45, 7) is 6.60. The summed E-state index contributed by atoms with van der Waals surface area (Å²) in [5.74, 6) is 0.197. The quantitative estimate of drug-likeness (QED) is 0.181. The van der Waals surface area contributed by atoms with E-state index in [-0.39, 0.29) is 5.41 Å². The average Bonchev–Trinajstić information content (AvgIpc) is 3.52. The molecule has 0 amide bonds. The molecule has 0 saturated carbocycles. The van der Waals surface area contributed by atoms with Crippen LogP contribution in [-0.2, 0) is 15.6 Å². The Morgan fingerprint density at radius 1 is 0.791 bits per heavy atom. The van der Waals surface area contributed by atoms with Gasteiger partial charge >= 0.3 is 10.2 Å². The Morgan fingerprint density at radius 3 is 1.93 bits per heavy atom. The van der Waals surface area contributed by atoms with Gasteiger partial charge < -0.3 is 10.1 Å². The van der Waals surface area contributed by atoms with Gasteiger partial charge in [-0.15, -0.1) is 0 Å². The molecule has 0 atom stereocenters. The van der Waals surface area contributed by atoms with Crippen molar-refractivity contribution >= 4 is 39.1 Å². The van der Waals surface area contributed by atoms with Crippen LogP contribution in [0.4, 0.5) is 5.69 Å². The number of anilines is 1. The first-order valence-corrected chi connectivity index (χ1v) is 15.7. The van der Waals surface area contributed by atoms with Crippen molar-refractivity contribution in [2.75, 3.05) is 4.31 Å². The molecule has 0 fully saturated rings. The number of imidazole rings is 1. The highest BCUT2D eigenvalue weighted by Gasteiger charge is 2.29. The van der Waals surface area contributed by atoms with Crippen molar-refractivity contribution in [3.8, 4) is 45.0 Å². The zero-order valence-corrected chi connectivity index (χ0v) is 25.9. The zero-order valence-electron chi connectivity index (χ0n) is 23.6. The number of hydrogen-bond donors (Lipinski definition) is 3. The maximum Gasteiger partial charge on any atom is 0.330 e. The number of benzene rings is 4. The van der Waals surface area contributed by atoms with Crippen LogP contribution >= 0.6 is 23.2 Å². The summed E-state index contributed by atoms with van der Waals surface area (Å²) >= 11 is 12.8. The van der Waals surface area contributed by atoms with Crippen molar-refractivity contribution in [2.24, 2.45) is 0 Å². The molecule has 0 unspecified atom stereocenters. The lowest BCUT2D eigenvalue weighted by molar-refractivity contribution is 0.392. The van der Waals surface area contributed by atoms with Crippen molar-refractivity contribution in [2.45, 2.75) is 26.2 Å². The average molecular weight is 632 g/mol. The number of hydrogen-bond acceptors (Lipinski definition) is 4. The number of nitrogens with zero attached hydrogens (tertiary/aromatic N) is 2. The Morgan fingerprint density at radius 2 is 1.37 bits per heavy atom. The van der Waals surface area contributed by atoms with E-state index >= 15 is 0 Å². The number of aromatic amines is 1. The van der Waals surface area contributed by atoms with E-state index in [0.29, 0.717) is 32.9 Å². The van der Waals surface area contributed by atoms with Crippen LogP contribution in [0.25, 0.3) is 45.0 Å². The van der Waals surface area contributed by atoms with Crippen molar-refractivity contribution in [1.29, 1.82) is 0 Å². The predicted molar refractivity (Wildman–Crippen MR) is 174 cm³/mol. The SMILES string of the molecule is CC(C)(C)c1ccc(-c2ccc(-c3nc(-c4ccc(N5C=C(O)NS5(=O)=O)cc4)c(-c4ccc(Cl)cc4Cl)[nH]3)cc2)cc1. The molecule has 1 aliphatic rings.